The molecular weight excluding hydrogens is 212 g/mol. The smallest absolute Gasteiger partial charge is 0.188 e. The van der Waals surface area contributed by atoms with Gasteiger partial charge in [0.1, 0.15) is 6.61 Å². The van der Waals surface area contributed by atoms with Crippen LogP contribution >= 0.6 is 11.6 Å². The van der Waals surface area contributed by atoms with Crippen LogP contribution in [0.25, 0.3) is 0 Å². The lowest BCUT2D eigenvalue weighted by Crippen LogP contribution is -2.14. The van der Waals surface area contributed by atoms with Crippen LogP contribution in [-0.2, 0) is 4.74 Å². The highest BCUT2D eigenvalue weighted by atomic mass is 35.5. The number of carbonyl (C=O) groups excluding carboxylic acids is 1. The molecular formula is C12H15ClO2. The van der Waals surface area contributed by atoms with Gasteiger partial charge in [-0.1, -0.05) is 17.7 Å². The van der Waals surface area contributed by atoms with E-state index in [1.165, 1.54) is 0 Å². The molecule has 0 bridgehead atoms. The zero-order valence-corrected chi connectivity index (χ0v) is 9.97. The fourth-order valence-corrected chi connectivity index (χ4v) is 1.39. The van der Waals surface area contributed by atoms with Crippen molar-refractivity contribution in [2.75, 3.05) is 6.61 Å². The minimum absolute atomic E-state index is 0.0244. The Hall–Kier alpha value is -0.860. The van der Waals surface area contributed by atoms with E-state index in [0.717, 1.165) is 5.56 Å². The number of aryl methyl sites for hydroxylation is 1. The van der Waals surface area contributed by atoms with Gasteiger partial charge in [-0.25, -0.2) is 0 Å². The highest BCUT2D eigenvalue weighted by molar-refractivity contribution is 6.31. The van der Waals surface area contributed by atoms with E-state index < -0.39 is 0 Å². The van der Waals surface area contributed by atoms with Crippen molar-refractivity contribution in [2.45, 2.75) is 26.9 Å². The average molecular weight is 227 g/mol. The Balaban J connectivity index is 2.77. The summed E-state index contributed by atoms with van der Waals surface area (Å²) in [4.78, 5) is 11.7. The summed E-state index contributed by atoms with van der Waals surface area (Å²) in [7, 11) is 0. The molecule has 0 N–H and O–H groups in total. The van der Waals surface area contributed by atoms with Crippen LogP contribution in [0.5, 0.6) is 0 Å². The Kier molecular flexibility index (Phi) is 4.30. The van der Waals surface area contributed by atoms with E-state index in [2.05, 4.69) is 0 Å². The molecule has 15 heavy (non-hydrogen) atoms. The van der Waals surface area contributed by atoms with Crippen molar-refractivity contribution in [3.8, 4) is 0 Å². The predicted molar refractivity (Wildman–Crippen MR) is 61.6 cm³/mol. The second-order valence-electron chi connectivity index (χ2n) is 3.74. The molecule has 0 heterocycles. The van der Waals surface area contributed by atoms with E-state index in [1.807, 2.05) is 26.8 Å². The molecule has 0 aromatic heterocycles. The fraction of sp³-hybridized carbons (Fsp3) is 0.417. The largest absolute Gasteiger partial charge is 0.371 e. The Labute approximate surface area is 95.2 Å². The molecule has 0 radical (unpaired) electrons. The Morgan fingerprint density at radius 1 is 1.47 bits per heavy atom. The fourth-order valence-electron chi connectivity index (χ4n) is 1.21. The lowest BCUT2D eigenvalue weighted by Gasteiger charge is -2.08. The van der Waals surface area contributed by atoms with Gasteiger partial charge in [-0.2, -0.15) is 0 Å². The molecule has 0 unspecified atom stereocenters. The van der Waals surface area contributed by atoms with E-state index in [-0.39, 0.29) is 18.5 Å². The first-order valence-electron chi connectivity index (χ1n) is 4.91. The van der Waals surface area contributed by atoms with Crippen LogP contribution < -0.4 is 0 Å². The zero-order chi connectivity index (χ0) is 11.4. The third-order valence-corrected chi connectivity index (χ3v) is 2.28. The minimum Gasteiger partial charge on any atom is -0.371 e. The van der Waals surface area contributed by atoms with Crippen LogP contribution in [0.2, 0.25) is 5.02 Å². The van der Waals surface area contributed by atoms with E-state index in [1.54, 1.807) is 12.1 Å². The first-order valence-corrected chi connectivity index (χ1v) is 5.29. The maximum atomic E-state index is 11.7. The Bertz CT molecular complexity index is 359. The molecule has 0 amide bonds. The predicted octanol–water partition coefficient (Wildman–Crippen LogP) is 3.26. The molecule has 0 fully saturated rings. The van der Waals surface area contributed by atoms with Crippen LogP contribution in [0, 0.1) is 6.92 Å². The van der Waals surface area contributed by atoms with Gasteiger partial charge < -0.3 is 4.74 Å². The first-order chi connectivity index (χ1) is 7.00. The molecule has 82 valence electrons. The monoisotopic (exact) mass is 226 g/mol. The van der Waals surface area contributed by atoms with Crippen LogP contribution in [0.3, 0.4) is 0 Å². The van der Waals surface area contributed by atoms with Gasteiger partial charge in [0.25, 0.3) is 0 Å². The summed E-state index contributed by atoms with van der Waals surface area (Å²) < 4.78 is 5.26. The standard InChI is InChI=1S/C12H15ClO2/c1-8(2)15-7-12(14)11-6-10(13)5-4-9(11)3/h4-6,8H,7H2,1-3H3. The SMILES string of the molecule is Cc1ccc(Cl)cc1C(=O)COC(C)C. The summed E-state index contributed by atoms with van der Waals surface area (Å²) in [5, 5.41) is 0.577. The highest BCUT2D eigenvalue weighted by Crippen LogP contribution is 2.16. The summed E-state index contributed by atoms with van der Waals surface area (Å²) >= 11 is 5.83. The van der Waals surface area contributed by atoms with Gasteiger partial charge in [0.15, 0.2) is 5.78 Å². The van der Waals surface area contributed by atoms with Crippen molar-refractivity contribution < 1.29 is 9.53 Å². The first kappa shape index (κ1) is 12.2. The van der Waals surface area contributed by atoms with E-state index >= 15 is 0 Å². The van der Waals surface area contributed by atoms with E-state index in [0.29, 0.717) is 10.6 Å². The van der Waals surface area contributed by atoms with Gasteiger partial charge in [-0.15, -0.1) is 0 Å². The summed E-state index contributed by atoms with van der Waals surface area (Å²) in [5.41, 5.74) is 1.57. The second kappa shape index (κ2) is 5.29. The maximum Gasteiger partial charge on any atom is 0.188 e. The molecule has 0 atom stereocenters. The molecule has 3 heteroatoms. The number of hydrogen-bond donors (Lipinski definition) is 0. The summed E-state index contributed by atoms with van der Waals surface area (Å²) in [6, 6.07) is 5.30. The van der Waals surface area contributed by atoms with Gasteiger partial charge in [0, 0.05) is 10.6 Å². The third-order valence-electron chi connectivity index (χ3n) is 2.05. The normalized spacial score (nSPS) is 10.7. The van der Waals surface area contributed by atoms with Crippen molar-refractivity contribution in [1.82, 2.24) is 0 Å². The molecule has 1 aromatic carbocycles. The van der Waals surface area contributed by atoms with Crippen molar-refractivity contribution in [1.29, 1.82) is 0 Å². The summed E-state index contributed by atoms with van der Waals surface area (Å²) in [5.74, 6) is -0.0244. The average Bonchev–Trinajstić information content (AvgIpc) is 2.18. The van der Waals surface area contributed by atoms with Crippen LogP contribution in [0.15, 0.2) is 18.2 Å². The lowest BCUT2D eigenvalue weighted by atomic mass is 10.1. The Morgan fingerprint density at radius 3 is 2.73 bits per heavy atom. The lowest BCUT2D eigenvalue weighted by molar-refractivity contribution is 0.0584. The number of halogens is 1. The molecule has 1 aromatic rings. The van der Waals surface area contributed by atoms with E-state index in [4.69, 9.17) is 16.3 Å². The minimum atomic E-state index is -0.0244. The number of Topliss-reactive ketones (excluding diaryl/α,β-unsaturated/α-hetero) is 1. The molecule has 0 saturated heterocycles. The van der Waals surface area contributed by atoms with Crippen LogP contribution in [0.4, 0.5) is 0 Å². The topological polar surface area (TPSA) is 26.3 Å². The van der Waals surface area contributed by atoms with Gasteiger partial charge in [-0.3, -0.25) is 4.79 Å². The molecule has 0 saturated carbocycles. The quantitative estimate of drug-likeness (QED) is 0.737. The highest BCUT2D eigenvalue weighted by Gasteiger charge is 2.10. The molecule has 0 aliphatic rings. The molecule has 2 nitrogen and oxygen atoms in total. The maximum absolute atomic E-state index is 11.7. The molecule has 1 rings (SSSR count). The summed E-state index contributed by atoms with van der Waals surface area (Å²) in [6.07, 6.45) is 0.0634. The number of ketones is 1. The van der Waals surface area contributed by atoms with Gasteiger partial charge in [0.2, 0.25) is 0 Å². The van der Waals surface area contributed by atoms with Gasteiger partial charge in [0.05, 0.1) is 6.10 Å². The van der Waals surface area contributed by atoms with Gasteiger partial charge >= 0.3 is 0 Å². The zero-order valence-electron chi connectivity index (χ0n) is 9.21. The third kappa shape index (κ3) is 3.65. The molecule has 0 aliphatic heterocycles. The van der Waals surface area contributed by atoms with Crippen LogP contribution in [-0.4, -0.2) is 18.5 Å². The number of ether oxygens (including phenoxy) is 1. The molecule has 0 aliphatic carbocycles. The van der Waals surface area contributed by atoms with Crippen molar-refractivity contribution in [3.63, 3.8) is 0 Å². The number of benzene rings is 1. The van der Waals surface area contributed by atoms with Crippen molar-refractivity contribution >= 4 is 17.4 Å². The van der Waals surface area contributed by atoms with Gasteiger partial charge in [-0.05, 0) is 38.5 Å². The number of carbonyl (C=O) groups is 1. The summed E-state index contributed by atoms with van der Waals surface area (Å²) in [6.45, 7) is 5.80. The van der Waals surface area contributed by atoms with Crippen molar-refractivity contribution in [3.05, 3.63) is 34.3 Å². The second-order valence-corrected chi connectivity index (χ2v) is 4.18. The number of hydrogen-bond acceptors (Lipinski definition) is 2. The number of rotatable bonds is 4. The molecule has 0 spiro atoms. The van der Waals surface area contributed by atoms with E-state index in [9.17, 15) is 4.79 Å². The van der Waals surface area contributed by atoms with Crippen LogP contribution in [0.1, 0.15) is 29.8 Å². The Morgan fingerprint density at radius 2 is 2.13 bits per heavy atom. The van der Waals surface area contributed by atoms with Crippen molar-refractivity contribution in [2.24, 2.45) is 0 Å².